The zero-order valence-electron chi connectivity index (χ0n) is 15.1. The molecule has 1 aromatic carbocycles. The van der Waals surface area contributed by atoms with Crippen molar-refractivity contribution in [1.82, 2.24) is 0 Å². The minimum absolute atomic E-state index is 0.0307. The number of benzene rings is 1. The maximum atomic E-state index is 11.8. The number of phenols is 2. The lowest BCUT2D eigenvalue weighted by Gasteiger charge is -2.29. The van der Waals surface area contributed by atoms with E-state index in [1.54, 1.807) is 0 Å². The molecular formula is C21H28O4. The maximum absolute atomic E-state index is 11.8. The van der Waals surface area contributed by atoms with Crippen molar-refractivity contribution in [3.63, 3.8) is 0 Å². The lowest BCUT2D eigenvalue weighted by molar-refractivity contribution is 0.0692. The predicted molar refractivity (Wildman–Crippen MR) is 99.4 cm³/mol. The fraction of sp³-hybridized carbons (Fsp3) is 0.476. The number of unbranched alkanes of at least 4 members (excludes halogenated alkanes) is 2. The van der Waals surface area contributed by atoms with Gasteiger partial charge in [0.1, 0.15) is 17.1 Å². The van der Waals surface area contributed by atoms with Gasteiger partial charge in [-0.15, -0.1) is 6.58 Å². The molecule has 0 saturated carbocycles. The van der Waals surface area contributed by atoms with Gasteiger partial charge in [-0.3, -0.25) is 0 Å². The second-order valence-electron chi connectivity index (χ2n) is 6.93. The Balaban J connectivity index is 2.55. The highest BCUT2D eigenvalue weighted by Crippen LogP contribution is 2.46. The van der Waals surface area contributed by atoms with E-state index in [1.807, 2.05) is 19.1 Å². The van der Waals surface area contributed by atoms with Gasteiger partial charge >= 0.3 is 5.97 Å². The average Bonchev–Trinajstić information content (AvgIpc) is 2.54. The van der Waals surface area contributed by atoms with Crippen LogP contribution in [-0.4, -0.2) is 21.3 Å². The largest absolute Gasteiger partial charge is 0.507 e. The molecular weight excluding hydrogens is 316 g/mol. The molecule has 136 valence electrons. The number of aryl methyl sites for hydroxylation is 1. The Kier molecular flexibility index (Phi) is 6.29. The Hall–Kier alpha value is -2.23. The third-order valence-electron chi connectivity index (χ3n) is 5.10. The molecule has 4 nitrogen and oxygen atoms in total. The topological polar surface area (TPSA) is 77.8 Å². The Morgan fingerprint density at radius 2 is 2.08 bits per heavy atom. The van der Waals surface area contributed by atoms with E-state index in [4.69, 9.17) is 0 Å². The van der Waals surface area contributed by atoms with Crippen LogP contribution in [0.25, 0.3) is 0 Å². The van der Waals surface area contributed by atoms with E-state index in [1.165, 1.54) is 11.6 Å². The summed E-state index contributed by atoms with van der Waals surface area (Å²) >= 11 is 0. The molecule has 0 saturated heterocycles. The van der Waals surface area contributed by atoms with Crippen LogP contribution in [0.4, 0.5) is 0 Å². The molecule has 1 aliphatic rings. The summed E-state index contributed by atoms with van der Waals surface area (Å²) in [6.07, 6.45) is 8.99. The summed E-state index contributed by atoms with van der Waals surface area (Å²) < 4.78 is 0. The molecule has 0 aromatic heterocycles. The van der Waals surface area contributed by atoms with Crippen molar-refractivity contribution >= 4 is 5.97 Å². The van der Waals surface area contributed by atoms with Crippen LogP contribution < -0.4 is 0 Å². The SMILES string of the molecule is C=C[C@@H]1CCC(C)=C[C@H]1c1c(O)cc(CCCCC)c(C(=O)O)c1O. The van der Waals surface area contributed by atoms with Gasteiger partial charge in [-0.25, -0.2) is 4.79 Å². The quantitative estimate of drug-likeness (QED) is 0.472. The first kappa shape index (κ1) is 19.1. The predicted octanol–water partition coefficient (Wildman–Crippen LogP) is 5.15. The van der Waals surface area contributed by atoms with E-state index >= 15 is 0 Å². The highest BCUT2D eigenvalue weighted by molar-refractivity contribution is 5.94. The molecule has 2 rings (SSSR count). The third kappa shape index (κ3) is 4.06. The average molecular weight is 344 g/mol. The number of carboxylic acids is 1. The minimum atomic E-state index is -1.16. The van der Waals surface area contributed by atoms with Gasteiger partial charge in [0.25, 0.3) is 0 Å². The summed E-state index contributed by atoms with van der Waals surface area (Å²) in [4.78, 5) is 11.8. The van der Waals surface area contributed by atoms with Crippen molar-refractivity contribution in [3.05, 3.63) is 47.1 Å². The minimum Gasteiger partial charge on any atom is -0.507 e. The van der Waals surface area contributed by atoms with Gasteiger partial charge in [0.05, 0.1) is 0 Å². The van der Waals surface area contributed by atoms with Gasteiger partial charge in [-0.05, 0) is 50.2 Å². The van der Waals surface area contributed by atoms with Gasteiger partial charge in [0, 0.05) is 11.5 Å². The van der Waals surface area contributed by atoms with Crippen molar-refractivity contribution in [2.24, 2.45) is 5.92 Å². The van der Waals surface area contributed by atoms with Crippen LogP contribution in [0.15, 0.2) is 30.4 Å². The molecule has 0 radical (unpaired) electrons. The molecule has 0 amide bonds. The molecule has 0 heterocycles. The fourth-order valence-corrected chi connectivity index (χ4v) is 3.70. The zero-order valence-corrected chi connectivity index (χ0v) is 15.1. The summed E-state index contributed by atoms with van der Waals surface area (Å²) in [6, 6.07) is 1.52. The molecule has 2 atom stereocenters. The van der Waals surface area contributed by atoms with E-state index in [9.17, 15) is 20.1 Å². The van der Waals surface area contributed by atoms with E-state index in [0.29, 0.717) is 17.5 Å². The Labute approximate surface area is 149 Å². The molecule has 1 aromatic rings. The number of phenolic OH excluding ortho intramolecular Hbond substituents is 1. The van der Waals surface area contributed by atoms with E-state index in [0.717, 1.165) is 32.1 Å². The van der Waals surface area contributed by atoms with E-state index in [-0.39, 0.29) is 28.9 Å². The number of aromatic carboxylic acids is 1. The first-order valence-electron chi connectivity index (χ1n) is 9.01. The van der Waals surface area contributed by atoms with Gasteiger partial charge in [0.2, 0.25) is 0 Å². The highest BCUT2D eigenvalue weighted by Gasteiger charge is 2.31. The van der Waals surface area contributed by atoms with Crippen LogP contribution in [0, 0.1) is 5.92 Å². The molecule has 0 aliphatic heterocycles. The number of hydrogen-bond donors (Lipinski definition) is 3. The standard InChI is InChI=1S/C21H28O4/c1-4-6-7-8-15-12-17(22)19(20(23)18(15)21(24)25)16-11-13(3)9-10-14(16)5-2/h5,11-12,14,16,22-23H,2,4,6-10H2,1,3H3,(H,24,25)/t14-,16-/m1/s1. The second-order valence-corrected chi connectivity index (χ2v) is 6.93. The number of carboxylic acid groups (broad SMARTS) is 1. The lowest BCUT2D eigenvalue weighted by atomic mass is 9.76. The van der Waals surface area contributed by atoms with Crippen LogP contribution in [0.1, 0.15) is 73.4 Å². The Morgan fingerprint density at radius 3 is 2.68 bits per heavy atom. The fourth-order valence-electron chi connectivity index (χ4n) is 3.70. The summed E-state index contributed by atoms with van der Waals surface area (Å²) in [5.41, 5.74) is 1.89. The summed E-state index contributed by atoms with van der Waals surface area (Å²) in [7, 11) is 0. The first-order valence-corrected chi connectivity index (χ1v) is 9.01. The van der Waals surface area contributed by atoms with Crippen LogP contribution >= 0.6 is 0 Å². The molecule has 4 heteroatoms. The third-order valence-corrected chi connectivity index (χ3v) is 5.10. The summed E-state index contributed by atoms with van der Waals surface area (Å²) in [5, 5.41) is 30.9. The lowest BCUT2D eigenvalue weighted by Crippen LogP contribution is -2.16. The normalized spacial score (nSPS) is 20.2. The molecule has 0 spiro atoms. The Bertz CT molecular complexity index is 688. The molecule has 0 bridgehead atoms. The monoisotopic (exact) mass is 344 g/mol. The number of aromatic hydroxyl groups is 2. The van der Waals surface area contributed by atoms with E-state index < -0.39 is 5.97 Å². The molecule has 0 unspecified atom stereocenters. The maximum Gasteiger partial charge on any atom is 0.339 e. The van der Waals surface area contributed by atoms with Crippen LogP contribution in [0.3, 0.4) is 0 Å². The van der Waals surface area contributed by atoms with Gasteiger partial charge in [-0.1, -0.05) is 37.5 Å². The number of carbonyl (C=O) groups is 1. The second kappa shape index (κ2) is 8.24. The van der Waals surface area contributed by atoms with Crippen molar-refractivity contribution < 1.29 is 20.1 Å². The van der Waals surface area contributed by atoms with Crippen molar-refractivity contribution in [1.29, 1.82) is 0 Å². The molecule has 1 aliphatic carbocycles. The zero-order chi connectivity index (χ0) is 18.6. The highest BCUT2D eigenvalue weighted by atomic mass is 16.4. The van der Waals surface area contributed by atoms with Crippen LogP contribution in [-0.2, 0) is 6.42 Å². The van der Waals surface area contributed by atoms with Crippen LogP contribution in [0.2, 0.25) is 0 Å². The van der Waals surface area contributed by atoms with E-state index in [2.05, 4.69) is 13.5 Å². The first-order chi connectivity index (χ1) is 11.9. The van der Waals surface area contributed by atoms with Crippen molar-refractivity contribution in [3.8, 4) is 11.5 Å². The molecule has 25 heavy (non-hydrogen) atoms. The number of allylic oxidation sites excluding steroid dienone is 3. The van der Waals surface area contributed by atoms with Crippen LogP contribution in [0.5, 0.6) is 11.5 Å². The summed E-state index contributed by atoms with van der Waals surface area (Å²) in [6.45, 7) is 7.94. The smallest absolute Gasteiger partial charge is 0.339 e. The number of rotatable bonds is 7. The van der Waals surface area contributed by atoms with Gasteiger partial charge < -0.3 is 15.3 Å². The van der Waals surface area contributed by atoms with Crippen molar-refractivity contribution in [2.45, 2.75) is 58.3 Å². The Morgan fingerprint density at radius 1 is 1.36 bits per heavy atom. The molecule has 0 fully saturated rings. The molecule has 3 N–H and O–H groups in total. The van der Waals surface area contributed by atoms with Gasteiger partial charge in [-0.2, -0.15) is 0 Å². The number of hydrogen-bond acceptors (Lipinski definition) is 3. The van der Waals surface area contributed by atoms with Crippen molar-refractivity contribution in [2.75, 3.05) is 0 Å². The summed E-state index contributed by atoms with van der Waals surface area (Å²) in [5.74, 6) is -1.68. The van der Waals surface area contributed by atoms with Gasteiger partial charge in [0.15, 0.2) is 0 Å².